The molecule has 0 bridgehead atoms. The van der Waals surface area contributed by atoms with Crippen molar-refractivity contribution in [1.29, 1.82) is 0 Å². The van der Waals surface area contributed by atoms with Crippen molar-refractivity contribution in [3.8, 4) is 0 Å². The minimum Gasteiger partial charge on any atom is -0.462 e. The second-order valence-corrected chi connectivity index (χ2v) is 21.5. The van der Waals surface area contributed by atoms with Crippen LogP contribution in [0.5, 0.6) is 0 Å². The fraction of sp³-hybridized carbons (Fsp3) is 0.803. The van der Waals surface area contributed by atoms with E-state index in [4.69, 9.17) is 14.2 Å². The number of hydrogen-bond acceptors (Lipinski definition) is 8. The maximum atomic E-state index is 13.5. The average molecular weight is 980 g/mol. The van der Waals surface area contributed by atoms with Crippen LogP contribution in [0, 0.1) is 11.8 Å². The van der Waals surface area contributed by atoms with Crippen molar-refractivity contribution in [1.82, 2.24) is 9.47 Å². The van der Waals surface area contributed by atoms with Gasteiger partial charge in [0.2, 0.25) is 5.91 Å². The van der Waals surface area contributed by atoms with Crippen LogP contribution in [0.1, 0.15) is 269 Å². The SMILES string of the molecule is CCCCCCCCCCCCCCCC(=O)OCC(COC(=O)CCCCCCCCCCCCCCC)OC(=O)CC(C)CCCCCCCC(C)C(=O)n1cc(CCN(C)C)c2ccccc21. The molecule has 9 nitrogen and oxygen atoms in total. The molecule has 1 heterocycles. The van der Waals surface area contributed by atoms with Crippen LogP contribution in [0.25, 0.3) is 10.9 Å². The van der Waals surface area contributed by atoms with Gasteiger partial charge < -0.3 is 19.1 Å². The smallest absolute Gasteiger partial charge is 0.306 e. The highest BCUT2D eigenvalue weighted by molar-refractivity contribution is 5.95. The van der Waals surface area contributed by atoms with E-state index in [-0.39, 0.29) is 55.3 Å². The highest BCUT2D eigenvalue weighted by atomic mass is 16.6. The maximum Gasteiger partial charge on any atom is 0.306 e. The highest BCUT2D eigenvalue weighted by Crippen LogP contribution is 2.25. The number of fused-ring (bicyclic) bond motifs is 1. The van der Waals surface area contributed by atoms with Gasteiger partial charge in [-0.15, -0.1) is 0 Å². The van der Waals surface area contributed by atoms with Gasteiger partial charge in [-0.3, -0.25) is 23.7 Å². The van der Waals surface area contributed by atoms with Crippen LogP contribution in [-0.4, -0.2) is 73.2 Å². The number of likely N-dealkylation sites (N-methyl/N-ethyl adjacent to an activating group) is 1. The number of benzene rings is 1. The molecule has 0 saturated heterocycles. The number of carbonyl (C=O) groups is 4. The van der Waals surface area contributed by atoms with E-state index in [2.05, 4.69) is 65.0 Å². The Labute approximate surface area is 429 Å². The topological polar surface area (TPSA) is 104 Å². The van der Waals surface area contributed by atoms with Crippen LogP contribution in [-0.2, 0) is 35.0 Å². The number of ether oxygens (including phenoxy) is 3. The number of hydrogen-bond donors (Lipinski definition) is 0. The van der Waals surface area contributed by atoms with Gasteiger partial charge >= 0.3 is 17.9 Å². The number of para-hydroxylation sites is 1. The summed E-state index contributed by atoms with van der Waals surface area (Å²) in [5, 5.41) is 1.17. The van der Waals surface area contributed by atoms with E-state index in [1.807, 2.05) is 16.7 Å². The third-order valence-corrected chi connectivity index (χ3v) is 14.3. The minimum absolute atomic E-state index is 0.0486. The van der Waals surface area contributed by atoms with E-state index in [0.29, 0.717) is 12.8 Å². The number of carbonyl (C=O) groups excluding carboxylic acids is 4. The summed E-state index contributed by atoms with van der Waals surface area (Å²) >= 11 is 0. The third-order valence-electron chi connectivity index (χ3n) is 14.3. The summed E-state index contributed by atoms with van der Waals surface area (Å²) in [6.45, 7) is 9.39. The Morgan fingerprint density at radius 3 is 1.40 bits per heavy atom. The molecule has 0 spiro atoms. The normalized spacial score (nSPS) is 12.5. The fourth-order valence-electron chi connectivity index (χ4n) is 9.64. The Morgan fingerprint density at radius 2 is 0.943 bits per heavy atom. The summed E-state index contributed by atoms with van der Waals surface area (Å²) in [7, 11) is 4.15. The molecule has 1 aromatic heterocycles. The molecule has 0 fully saturated rings. The predicted octanol–water partition coefficient (Wildman–Crippen LogP) is 16.7. The molecular weight excluding hydrogens is 873 g/mol. The van der Waals surface area contributed by atoms with Gasteiger partial charge in [0, 0.05) is 43.3 Å². The lowest BCUT2D eigenvalue weighted by molar-refractivity contribution is -0.167. The summed E-state index contributed by atoms with van der Waals surface area (Å²) < 4.78 is 18.9. The molecule has 9 heteroatoms. The Morgan fingerprint density at radius 1 is 0.529 bits per heavy atom. The first-order chi connectivity index (χ1) is 34.0. The van der Waals surface area contributed by atoms with Gasteiger partial charge in [0.15, 0.2) is 6.10 Å². The van der Waals surface area contributed by atoms with E-state index in [9.17, 15) is 19.2 Å². The lowest BCUT2D eigenvalue weighted by atomic mass is 9.97. The van der Waals surface area contributed by atoms with Gasteiger partial charge in [-0.2, -0.15) is 0 Å². The third kappa shape index (κ3) is 32.0. The van der Waals surface area contributed by atoms with Crippen LogP contribution in [0.4, 0.5) is 0 Å². The van der Waals surface area contributed by atoms with Crippen LogP contribution in [0.3, 0.4) is 0 Å². The van der Waals surface area contributed by atoms with Crippen molar-refractivity contribution in [2.24, 2.45) is 11.8 Å². The lowest BCUT2D eigenvalue weighted by Crippen LogP contribution is -2.31. The lowest BCUT2D eigenvalue weighted by Gasteiger charge is -2.19. The predicted molar refractivity (Wildman–Crippen MR) is 293 cm³/mol. The van der Waals surface area contributed by atoms with E-state index in [1.54, 1.807) is 0 Å². The summed E-state index contributed by atoms with van der Waals surface area (Å²) in [5.41, 5.74) is 2.22. The quantitative estimate of drug-likeness (QED) is 0.0367. The molecule has 0 saturated carbocycles. The van der Waals surface area contributed by atoms with Gasteiger partial charge in [-0.25, -0.2) is 0 Å². The summed E-state index contributed by atoms with van der Waals surface area (Å²) in [6, 6.07) is 8.23. The molecule has 0 amide bonds. The summed E-state index contributed by atoms with van der Waals surface area (Å²) in [4.78, 5) is 54.3. The molecule has 0 aliphatic carbocycles. The number of nitrogens with zero attached hydrogens (tertiary/aromatic N) is 2. The van der Waals surface area contributed by atoms with Crippen molar-refractivity contribution in [2.45, 2.75) is 271 Å². The van der Waals surface area contributed by atoms with Gasteiger partial charge in [-0.05, 0) is 57.3 Å². The molecule has 0 N–H and O–H groups in total. The second-order valence-electron chi connectivity index (χ2n) is 21.5. The number of unbranched alkanes of at least 4 members (excludes halogenated alkanes) is 28. The molecule has 402 valence electrons. The molecule has 2 rings (SSSR count). The van der Waals surface area contributed by atoms with E-state index < -0.39 is 6.10 Å². The molecular formula is C61H106N2O7. The van der Waals surface area contributed by atoms with Crippen molar-refractivity contribution in [3.05, 3.63) is 36.0 Å². The van der Waals surface area contributed by atoms with Crippen LogP contribution >= 0.6 is 0 Å². The van der Waals surface area contributed by atoms with E-state index in [0.717, 1.165) is 102 Å². The first-order valence-electron chi connectivity index (χ1n) is 29.3. The van der Waals surface area contributed by atoms with Crippen molar-refractivity contribution < 1.29 is 33.4 Å². The van der Waals surface area contributed by atoms with Crippen molar-refractivity contribution in [2.75, 3.05) is 33.9 Å². The Hall–Kier alpha value is -3.20. The second kappa shape index (κ2) is 42.3. The number of aromatic nitrogens is 1. The standard InChI is InChI=1S/C61H106N2O7/c1-7-9-11-13-15-17-19-21-23-25-27-32-36-44-58(64)68-50-55(51-69-59(65)45-37-33-28-26-24-22-20-18-16-14-12-10-8-2)70-60(66)48-52(3)40-34-30-29-31-35-41-53(4)61(67)63-49-54(46-47-62(5)6)56-42-38-39-43-57(56)63/h38-39,42-43,49,52-53,55H,7-37,40-41,44-48,50-51H2,1-6H3. The Kier molecular flexibility index (Phi) is 38.0. The average Bonchev–Trinajstić information content (AvgIpc) is 3.72. The fourth-order valence-corrected chi connectivity index (χ4v) is 9.64. The number of rotatable bonds is 47. The molecule has 2 aromatic rings. The van der Waals surface area contributed by atoms with Crippen LogP contribution in [0.15, 0.2) is 30.5 Å². The monoisotopic (exact) mass is 979 g/mol. The zero-order valence-corrected chi connectivity index (χ0v) is 46.2. The van der Waals surface area contributed by atoms with Gasteiger partial charge in [-0.1, -0.05) is 239 Å². The van der Waals surface area contributed by atoms with Crippen LogP contribution in [0.2, 0.25) is 0 Å². The Balaban J connectivity index is 1.70. The summed E-state index contributed by atoms with van der Waals surface area (Å²) in [6.07, 6.45) is 42.5. The highest BCUT2D eigenvalue weighted by Gasteiger charge is 2.22. The van der Waals surface area contributed by atoms with E-state index >= 15 is 0 Å². The first-order valence-corrected chi connectivity index (χ1v) is 29.3. The minimum atomic E-state index is -0.818. The molecule has 1 aromatic carbocycles. The zero-order valence-electron chi connectivity index (χ0n) is 46.2. The van der Waals surface area contributed by atoms with Crippen molar-refractivity contribution in [3.63, 3.8) is 0 Å². The van der Waals surface area contributed by atoms with Crippen LogP contribution < -0.4 is 0 Å². The van der Waals surface area contributed by atoms with Gasteiger partial charge in [0.25, 0.3) is 0 Å². The largest absolute Gasteiger partial charge is 0.462 e. The molecule has 2 unspecified atom stereocenters. The first kappa shape index (κ1) is 62.9. The van der Waals surface area contributed by atoms with Gasteiger partial charge in [0.05, 0.1) is 5.52 Å². The molecule has 0 aliphatic heterocycles. The van der Waals surface area contributed by atoms with E-state index in [1.165, 1.54) is 139 Å². The molecule has 0 radical (unpaired) electrons. The van der Waals surface area contributed by atoms with Gasteiger partial charge in [0.1, 0.15) is 13.2 Å². The zero-order chi connectivity index (χ0) is 50.9. The van der Waals surface area contributed by atoms with Crippen molar-refractivity contribution >= 4 is 34.7 Å². The molecule has 70 heavy (non-hydrogen) atoms. The summed E-state index contributed by atoms with van der Waals surface area (Å²) in [5.74, 6) is -0.682. The Bertz CT molecular complexity index is 1570. The molecule has 2 atom stereocenters. The number of esters is 3. The molecule has 0 aliphatic rings. The maximum absolute atomic E-state index is 13.5.